The fraction of sp³-hybridized carbons (Fsp3) is 0.333. The van der Waals surface area contributed by atoms with Gasteiger partial charge in [-0.15, -0.1) is 0 Å². The van der Waals surface area contributed by atoms with Crippen LogP contribution < -0.4 is 0 Å². The summed E-state index contributed by atoms with van der Waals surface area (Å²) in [7, 11) is 0. The van der Waals surface area contributed by atoms with Gasteiger partial charge < -0.3 is 9.47 Å². The van der Waals surface area contributed by atoms with Gasteiger partial charge in [-0.2, -0.15) is 0 Å². The number of ether oxygens (including phenoxy) is 2. The first kappa shape index (κ1) is 14.6. The lowest BCUT2D eigenvalue weighted by atomic mass is 10.0. The Hall–Kier alpha value is -2.36. The molecule has 0 aliphatic carbocycles. The first-order valence-electron chi connectivity index (χ1n) is 7.55. The van der Waals surface area contributed by atoms with Gasteiger partial charge in [0.1, 0.15) is 12.0 Å². The molecule has 2 unspecified atom stereocenters. The molecule has 2 aromatic carbocycles. The predicted molar refractivity (Wildman–Crippen MR) is 85.9 cm³/mol. The van der Waals surface area contributed by atoms with E-state index in [1.807, 2.05) is 12.1 Å². The molecule has 0 radical (unpaired) electrons. The van der Waals surface area contributed by atoms with E-state index in [1.165, 1.54) is 10.8 Å². The number of carbonyl (C=O) groups is 1. The van der Waals surface area contributed by atoms with E-state index in [4.69, 9.17) is 9.47 Å². The number of carbonyl (C=O) groups excluding carboxylic acids is 1. The summed E-state index contributed by atoms with van der Waals surface area (Å²) in [5, 5.41) is 2.38. The number of hydrogen-bond acceptors (Lipinski definition) is 4. The minimum Gasteiger partial charge on any atom is -0.470 e. The fourth-order valence-corrected chi connectivity index (χ4v) is 2.58. The highest BCUT2D eigenvalue weighted by atomic mass is 16.5. The zero-order chi connectivity index (χ0) is 15.5. The van der Waals surface area contributed by atoms with Gasteiger partial charge in [0.15, 0.2) is 5.90 Å². The van der Waals surface area contributed by atoms with Crippen LogP contribution in [0.25, 0.3) is 10.8 Å². The average molecular weight is 297 g/mol. The Morgan fingerprint density at radius 3 is 2.86 bits per heavy atom. The van der Waals surface area contributed by atoms with E-state index in [2.05, 4.69) is 35.3 Å². The quantitative estimate of drug-likeness (QED) is 0.811. The maximum Gasteiger partial charge on any atom is 0.318 e. The second-order valence-electron chi connectivity index (χ2n) is 5.37. The Morgan fingerprint density at radius 1 is 1.32 bits per heavy atom. The molecule has 1 heterocycles. The van der Waals surface area contributed by atoms with Crippen molar-refractivity contribution >= 4 is 22.6 Å². The number of fused-ring (bicyclic) bond motifs is 1. The Balaban J connectivity index is 1.74. The van der Waals surface area contributed by atoms with E-state index >= 15 is 0 Å². The summed E-state index contributed by atoms with van der Waals surface area (Å²) >= 11 is 0. The fourth-order valence-electron chi connectivity index (χ4n) is 2.58. The molecule has 2 atom stereocenters. The topological polar surface area (TPSA) is 47.9 Å². The summed E-state index contributed by atoms with van der Waals surface area (Å²) in [6.07, 6.45) is -0.128. The summed E-state index contributed by atoms with van der Waals surface area (Å²) in [5.41, 5.74) is 1.08. The molecule has 114 valence electrons. The molecule has 0 aromatic heterocycles. The summed E-state index contributed by atoms with van der Waals surface area (Å²) in [6, 6.07) is 14.5. The van der Waals surface area contributed by atoms with Gasteiger partial charge in [-0.05, 0) is 36.2 Å². The van der Waals surface area contributed by atoms with Gasteiger partial charge in [-0.1, -0.05) is 36.4 Å². The van der Waals surface area contributed by atoms with Crippen LogP contribution in [0.4, 0.5) is 0 Å². The third-order valence-corrected chi connectivity index (χ3v) is 3.83. The van der Waals surface area contributed by atoms with Crippen molar-refractivity contribution < 1.29 is 14.3 Å². The largest absolute Gasteiger partial charge is 0.470 e. The maximum absolute atomic E-state index is 11.8. The van der Waals surface area contributed by atoms with Gasteiger partial charge in [0, 0.05) is 0 Å². The zero-order valence-electron chi connectivity index (χ0n) is 12.8. The minimum absolute atomic E-state index is 0.128. The van der Waals surface area contributed by atoms with Crippen molar-refractivity contribution in [3.8, 4) is 0 Å². The summed E-state index contributed by atoms with van der Waals surface area (Å²) in [5.74, 6) is -0.276. The van der Waals surface area contributed by atoms with E-state index in [0.717, 1.165) is 5.56 Å². The van der Waals surface area contributed by atoms with Crippen LogP contribution in [0.2, 0.25) is 0 Å². The van der Waals surface area contributed by atoms with Gasteiger partial charge in [0.25, 0.3) is 0 Å². The van der Waals surface area contributed by atoms with Crippen molar-refractivity contribution in [2.45, 2.75) is 20.0 Å². The van der Waals surface area contributed by atoms with E-state index in [0.29, 0.717) is 19.0 Å². The highest BCUT2D eigenvalue weighted by Crippen LogP contribution is 2.28. The smallest absolute Gasteiger partial charge is 0.318 e. The number of aliphatic imine (C=N–C) groups is 1. The Labute approximate surface area is 129 Å². The lowest BCUT2D eigenvalue weighted by molar-refractivity contribution is -0.145. The third-order valence-electron chi connectivity index (χ3n) is 3.83. The summed E-state index contributed by atoms with van der Waals surface area (Å²) in [6.45, 7) is 4.46. The van der Waals surface area contributed by atoms with Crippen molar-refractivity contribution in [2.24, 2.45) is 10.9 Å². The lowest BCUT2D eigenvalue weighted by Crippen LogP contribution is -2.24. The summed E-state index contributed by atoms with van der Waals surface area (Å²) in [4.78, 5) is 16.1. The Kier molecular flexibility index (Phi) is 4.09. The van der Waals surface area contributed by atoms with Gasteiger partial charge in [0.05, 0.1) is 13.2 Å². The number of nitrogens with zero attached hydrogens (tertiary/aromatic N) is 1. The zero-order valence-corrected chi connectivity index (χ0v) is 12.8. The highest BCUT2D eigenvalue weighted by Gasteiger charge is 2.30. The normalized spacial score (nSPS) is 18.6. The molecule has 0 saturated heterocycles. The third kappa shape index (κ3) is 2.82. The summed E-state index contributed by atoms with van der Waals surface area (Å²) < 4.78 is 10.9. The second kappa shape index (κ2) is 6.18. The van der Waals surface area contributed by atoms with Crippen LogP contribution in [-0.4, -0.2) is 25.0 Å². The molecule has 22 heavy (non-hydrogen) atoms. The first-order chi connectivity index (χ1) is 10.7. The van der Waals surface area contributed by atoms with Crippen LogP contribution in [0.1, 0.15) is 25.5 Å². The van der Waals surface area contributed by atoms with Crippen molar-refractivity contribution in [2.75, 3.05) is 13.2 Å². The molecule has 1 aliphatic heterocycles. The molecule has 0 amide bonds. The predicted octanol–water partition coefficient (Wildman–Crippen LogP) is 3.51. The van der Waals surface area contributed by atoms with Crippen LogP contribution in [-0.2, 0) is 14.3 Å². The van der Waals surface area contributed by atoms with Crippen LogP contribution >= 0.6 is 0 Å². The van der Waals surface area contributed by atoms with E-state index < -0.39 is 5.92 Å². The molecule has 2 aromatic rings. The first-order valence-corrected chi connectivity index (χ1v) is 7.55. The van der Waals surface area contributed by atoms with E-state index in [9.17, 15) is 4.79 Å². The van der Waals surface area contributed by atoms with Crippen LogP contribution in [0.15, 0.2) is 47.5 Å². The molecule has 3 rings (SSSR count). The Bertz CT molecular complexity index is 723. The van der Waals surface area contributed by atoms with Gasteiger partial charge in [-0.25, -0.2) is 0 Å². The van der Waals surface area contributed by atoms with Crippen LogP contribution in [0, 0.1) is 5.92 Å². The van der Waals surface area contributed by atoms with Crippen molar-refractivity contribution in [3.63, 3.8) is 0 Å². The molecule has 0 N–H and O–H groups in total. The number of rotatable bonds is 4. The van der Waals surface area contributed by atoms with E-state index in [1.54, 1.807) is 13.8 Å². The molecule has 4 nitrogen and oxygen atoms in total. The van der Waals surface area contributed by atoms with Crippen molar-refractivity contribution in [3.05, 3.63) is 48.0 Å². The van der Waals surface area contributed by atoms with E-state index in [-0.39, 0.29) is 12.1 Å². The highest BCUT2D eigenvalue weighted by molar-refractivity contribution is 5.98. The Morgan fingerprint density at radius 2 is 2.09 bits per heavy atom. The van der Waals surface area contributed by atoms with Gasteiger partial charge >= 0.3 is 5.97 Å². The molecule has 0 bridgehead atoms. The molecular weight excluding hydrogens is 278 g/mol. The van der Waals surface area contributed by atoms with Gasteiger partial charge in [0.2, 0.25) is 0 Å². The SMILES string of the molecule is CCOC(=O)C(C)C1=NCC(c2ccc3ccccc3c2)O1. The molecule has 0 fully saturated rings. The van der Waals surface area contributed by atoms with Crippen molar-refractivity contribution in [1.82, 2.24) is 0 Å². The second-order valence-corrected chi connectivity index (χ2v) is 5.37. The molecule has 0 spiro atoms. The van der Waals surface area contributed by atoms with Crippen LogP contribution in [0.3, 0.4) is 0 Å². The van der Waals surface area contributed by atoms with Gasteiger partial charge in [-0.3, -0.25) is 9.79 Å². The number of esters is 1. The molecule has 0 saturated carbocycles. The number of benzene rings is 2. The lowest BCUT2D eigenvalue weighted by Gasteiger charge is -2.15. The standard InChI is InChI=1S/C18H19NO3/c1-3-21-18(20)12(2)17-19-11-16(22-17)15-9-8-13-6-4-5-7-14(13)10-15/h4-10,12,16H,3,11H2,1-2H3. The monoisotopic (exact) mass is 297 g/mol. The molecular formula is C18H19NO3. The molecule has 4 heteroatoms. The minimum atomic E-state index is -0.453. The maximum atomic E-state index is 11.8. The average Bonchev–Trinajstić information content (AvgIpc) is 3.04. The van der Waals surface area contributed by atoms with Crippen molar-refractivity contribution in [1.29, 1.82) is 0 Å². The molecule has 1 aliphatic rings. The number of hydrogen-bond donors (Lipinski definition) is 0. The van der Waals surface area contributed by atoms with Crippen LogP contribution in [0.5, 0.6) is 0 Å².